The monoisotopic (exact) mass is 234 g/mol. The minimum Gasteiger partial charge on any atom is -0.492 e. The summed E-state index contributed by atoms with van der Waals surface area (Å²) < 4.78 is 10.3. The van der Waals surface area contributed by atoms with Gasteiger partial charge < -0.3 is 9.47 Å². The van der Waals surface area contributed by atoms with Gasteiger partial charge in [0.05, 0.1) is 13.0 Å². The minimum atomic E-state index is -0.265. The number of hydrogen-bond donors (Lipinski definition) is 0. The first-order valence-electron chi connectivity index (χ1n) is 5.61. The summed E-state index contributed by atoms with van der Waals surface area (Å²) in [5, 5.41) is 0. The topological polar surface area (TPSA) is 35.5 Å². The van der Waals surface area contributed by atoms with Crippen molar-refractivity contribution in [2.75, 3.05) is 13.7 Å². The van der Waals surface area contributed by atoms with Crippen molar-refractivity contribution < 1.29 is 14.3 Å². The van der Waals surface area contributed by atoms with Crippen molar-refractivity contribution >= 4 is 12.0 Å². The predicted molar refractivity (Wildman–Crippen MR) is 67.8 cm³/mol. The largest absolute Gasteiger partial charge is 0.492 e. The van der Waals surface area contributed by atoms with Gasteiger partial charge in [-0.25, -0.2) is 0 Å². The molecular weight excluding hydrogens is 216 g/mol. The maximum atomic E-state index is 11.2. The Hall–Kier alpha value is -1.77. The van der Waals surface area contributed by atoms with E-state index in [1.165, 1.54) is 7.11 Å². The van der Waals surface area contributed by atoms with Crippen molar-refractivity contribution in [3.63, 3.8) is 0 Å². The number of ether oxygens (including phenoxy) is 2. The normalized spacial score (nSPS) is 12.4. The van der Waals surface area contributed by atoms with Crippen molar-refractivity contribution in [3.05, 3.63) is 35.9 Å². The maximum Gasteiger partial charge on any atom is 0.311 e. The Bertz CT molecular complexity index is 396. The lowest BCUT2D eigenvalue weighted by Gasteiger charge is -2.12. The van der Waals surface area contributed by atoms with E-state index in [-0.39, 0.29) is 11.9 Å². The fourth-order valence-electron chi connectivity index (χ4n) is 1.41. The van der Waals surface area contributed by atoms with Crippen molar-refractivity contribution in [2.45, 2.75) is 13.8 Å². The zero-order valence-corrected chi connectivity index (χ0v) is 10.5. The second kappa shape index (κ2) is 6.74. The molecular formula is C14H18O3. The van der Waals surface area contributed by atoms with E-state index in [1.807, 2.05) is 43.3 Å². The van der Waals surface area contributed by atoms with E-state index in [0.717, 1.165) is 11.3 Å². The molecule has 0 heterocycles. The third kappa shape index (κ3) is 3.94. The van der Waals surface area contributed by atoms with E-state index in [2.05, 4.69) is 4.74 Å². The molecule has 0 aromatic heterocycles. The first kappa shape index (κ1) is 13.3. The number of hydrogen-bond acceptors (Lipinski definition) is 3. The van der Waals surface area contributed by atoms with Gasteiger partial charge in [0, 0.05) is 5.56 Å². The van der Waals surface area contributed by atoms with E-state index in [9.17, 15) is 4.79 Å². The van der Waals surface area contributed by atoms with Crippen LogP contribution in [0.2, 0.25) is 0 Å². The van der Waals surface area contributed by atoms with Crippen LogP contribution in [-0.4, -0.2) is 19.7 Å². The van der Waals surface area contributed by atoms with Crippen LogP contribution in [0.1, 0.15) is 19.4 Å². The Morgan fingerprint density at radius 3 is 2.76 bits per heavy atom. The van der Waals surface area contributed by atoms with Crippen LogP contribution in [0.15, 0.2) is 30.3 Å². The molecule has 92 valence electrons. The molecule has 0 aliphatic heterocycles. The van der Waals surface area contributed by atoms with E-state index in [1.54, 1.807) is 6.92 Å². The lowest BCUT2D eigenvalue weighted by molar-refractivity contribution is -0.145. The molecule has 0 radical (unpaired) electrons. The summed E-state index contributed by atoms with van der Waals surface area (Å²) in [6.45, 7) is 4.05. The molecule has 1 aromatic carbocycles. The highest BCUT2D eigenvalue weighted by molar-refractivity contribution is 5.72. The number of para-hydroxylation sites is 1. The zero-order valence-electron chi connectivity index (χ0n) is 10.5. The second-order valence-electron chi connectivity index (χ2n) is 3.77. The molecule has 0 spiro atoms. The van der Waals surface area contributed by atoms with Crippen LogP contribution in [-0.2, 0) is 9.53 Å². The van der Waals surface area contributed by atoms with Crippen LogP contribution >= 0.6 is 0 Å². The molecule has 0 aliphatic rings. The summed E-state index contributed by atoms with van der Waals surface area (Å²) in [5.41, 5.74) is 1.01. The van der Waals surface area contributed by atoms with E-state index in [4.69, 9.17) is 4.74 Å². The molecule has 0 saturated carbocycles. The van der Waals surface area contributed by atoms with Crippen LogP contribution in [0.3, 0.4) is 0 Å². The van der Waals surface area contributed by atoms with Gasteiger partial charge in [-0.15, -0.1) is 0 Å². The van der Waals surface area contributed by atoms with Crippen molar-refractivity contribution in [1.29, 1.82) is 0 Å². The summed E-state index contributed by atoms with van der Waals surface area (Å²) >= 11 is 0. The van der Waals surface area contributed by atoms with Gasteiger partial charge >= 0.3 is 5.97 Å². The average molecular weight is 234 g/mol. The summed E-state index contributed by atoms with van der Waals surface area (Å²) in [4.78, 5) is 11.2. The summed E-state index contributed by atoms with van der Waals surface area (Å²) in [6, 6.07) is 7.72. The van der Waals surface area contributed by atoms with Crippen molar-refractivity contribution in [2.24, 2.45) is 5.92 Å². The van der Waals surface area contributed by atoms with Gasteiger partial charge in [0.25, 0.3) is 0 Å². The molecule has 0 amide bonds. The number of esters is 1. The Morgan fingerprint density at radius 2 is 2.12 bits per heavy atom. The van der Waals surface area contributed by atoms with Gasteiger partial charge in [-0.05, 0) is 19.9 Å². The number of benzene rings is 1. The van der Waals surface area contributed by atoms with Crippen LogP contribution in [0, 0.1) is 5.92 Å². The van der Waals surface area contributed by atoms with Gasteiger partial charge in [0.1, 0.15) is 12.4 Å². The fourth-order valence-corrected chi connectivity index (χ4v) is 1.41. The van der Waals surface area contributed by atoms with Crippen molar-refractivity contribution in [1.82, 2.24) is 0 Å². The lowest BCUT2D eigenvalue weighted by atomic mass is 10.2. The van der Waals surface area contributed by atoms with Crippen molar-refractivity contribution in [3.8, 4) is 5.75 Å². The summed E-state index contributed by atoms with van der Waals surface area (Å²) in [6.07, 6.45) is 3.92. The summed E-state index contributed by atoms with van der Waals surface area (Å²) in [7, 11) is 1.38. The van der Waals surface area contributed by atoms with E-state index < -0.39 is 0 Å². The highest BCUT2D eigenvalue weighted by atomic mass is 16.5. The van der Waals surface area contributed by atoms with Gasteiger partial charge in [-0.2, -0.15) is 0 Å². The molecule has 1 rings (SSSR count). The maximum absolute atomic E-state index is 11.2. The molecule has 0 saturated heterocycles. The smallest absolute Gasteiger partial charge is 0.311 e. The molecule has 1 atom stereocenters. The van der Waals surface area contributed by atoms with E-state index in [0.29, 0.717) is 6.61 Å². The molecule has 0 fully saturated rings. The molecule has 17 heavy (non-hydrogen) atoms. The Balaban J connectivity index is 2.66. The first-order valence-corrected chi connectivity index (χ1v) is 5.61. The number of carbonyl (C=O) groups is 1. The third-order valence-corrected chi connectivity index (χ3v) is 2.36. The average Bonchev–Trinajstić information content (AvgIpc) is 2.36. The highest BCUT2D eigenvalue weighted by Crippen LogP contribution is 2.20. The highest BCUT2D eigenvalue weighted by Gasteiger charge is 2.14. The standard InChI is InChI=1S/C14H18O3/c1-4-7-12-8-5-6-9-13(12)17-10-11(2)14(15)16-3/h4-9,11H,10H2,1-3H3/b7-4+. The molecule has 0 N–H and O–H groups in total. The van der Waals surface area contributed by atoms with E-state index >= 15 is 0 Å². The molecule has 3 nitrogen and oxygen atoms in total. The predicted octanol–water partition coefficient (Wildman–Crippen LogP) is 2.91. The fraction of sp³-hybridized carbons (Fsp3) is 0.357. The Kier molecular flexibility index (Phi) is 5.27. The Morgan fingerprint density at radius 1 is 1.41 bits per heavy atom. The SMILES string of the molecule is C/C=C/c1ccccc1OCC(C)C(=O)OC. The number of methoxy groups -OCH3 is 1. The van der Waals surface area contributed by atoms with Crippen LogP contribution in [0.25, 0.3) is 6.08 Å². The van der Waals surface area contributed by atoms with Gasteiger partial charge in [0.2, 0.25) is 0 Å². The van der Waals surface area contributed by atoms with Crippen LogP contribution in [0.4, 0.5) is 0 Å². The first-order chi connectivity index (χ1) is 8.19. The number of allylic oxidation sites excluding steroid dienone is 1. The molecule has 1 aromatic rings. The zero-order chi connectivity index (χ0) is 12.7. The summed E-state index contributed by atoms with van der Waals surface area (Å²) in [5.74, 6) is 0.258. The third-order valence-electron chi connectivity index (χ3n) is 2.36. The second-order valence-corrected chi connectivity index (χ2v) is 3.77. The molecule has 1 unspecified atom stereocenters. The Labute approximate surface area is 102 Å². The number of carbonyl (C=O) groups excluding carboxylic acids is 1. The number of rotatable bonds is 5. The quantitative estimate of drug-likeness (QED) is 0.735. The lowest BCUT2D eigenvalue weighted by Crippen LogP contribution is -2.20. The minimum absolute atomic E-state index is 0.256. The van der Waals surface area contributed by atoms with Crippen LogP contribution < -0.4 is 4.74 Å². The van der Waals surface area contributed by atoms with Gasteiger partial charge in [0.15, 0.2) is 0 Å². The molecule has 0 bridgehead atoms. The van der Waals surface area contributed by atoms with Crippen LogP contribution in [0.5, 0.6) is 5.75 Å². The van der Waals surface area contributed by atoms with Gasteiger partial charge in [-0.1, -0.05) is 30.4 Å². The molecule has 3 heteroatoms. The van der Waals surface area contributed by atoms with Gasteiger partial charge in [-0.3, -0.25) is 4.79 Å². The molecule has 0 aliphatic carbocycles.